The van der Waals surface area contributed by atoms with Crippen LogP contribution in [-0.4, -0.2) is 41.0 Å². The Morgan fingerprint density at radius 3 is 2.55 bits per heavy atom. The highest BCUT2D eigenvalue weighted by atomic mass is 32.1. The Labute approximate surface area is 133 Å². The van der Waals surface area contributed by atoms with Crippen molar-refractivity contribution in [3.63, 3.8) is 0 Å². The molecule has 1 aliphatic heterocycles. The Hall–Kier alpha value is -1.81. The fraction of sp³-hybridized carbons (Fsp3) is 0.375. The molecule has 0 radical (unpaired) electrons. The zero-order valence-electron chi connectivity index (χ0n) is 12.2. The van der Waals surface area contributed by atoms with Crippen LogP contribution in [0.15, 0.2) is 29.1 Å². The lowest BCUT2D eigenvalue weighted by Gasteiger charge is -2.34. The number of benzene rings is 1. The molecule has 2 heterocycles. The van der Waals surface area contributed by atoms with E-state index in [-0.39, 0.29) is 5.82 Å². The number of rotatable bonds is 4. The summed E-state index contributed by atoms with van der Waals surface area (Å²) in [4.78, 5) is 8.91. The molecule has 0 N–H and O–H groups in total. The monoisotopic (exact) mass is 316 g/mol. The first-order chi connectivity index (χ1) is 10.7. The number of piperazine rings is 1. The summed E-state index contributed by atoms with van der Waals surface area (Å²) < 4.78 is 13.8. The van der Waals surface area contributed by atoms with Crippen LogP contribution in [0.1, 0.15) is 16.8 Å². The van der Waals surface area contributed by atoms with Gasteiger partial charge >= 0.3 is 0 Å². The molecule has 0 amide bonds. The van der Waals surface area contributed by atoms with E-state index in [0.717, 1.165) is 38.4 Å². The summed E-state index contributed by atoms with van der Waals surface area (Å²) in [5, 5.41) is 11.0. The van der Waals surface area contributed by atoms with Gasteiger partial charge in [0.2, 0.25) is 0 Å². The molecule has 6 heteroatoms. The molecule has 1 aromatic carbocycles. The van der Waals surface area contributed by atoms with Gasteiger partial charge in [-0.2, -0.15) is 5.26 Å². The van der Waals surface area contributed by atoms with Crippen LogP contribution in [0.2, 0.25) is 0 Å². The summed E-state index contributed by atoms with van der Waals surface area (Å²) in [6.07, 6.45) is 0. The maximum atomic E-state index is 13.8. The fourth-order valence-electron chi connectivity index (χ4n) is 2.66. The van der Waals surface area contributed by atoms with Crippen molar-refractivity contribution in [2.75, 3.05) is 26.2 Å². The van der Waals surface area contributed by atoms with Crippen LogP contribution in [0.5, 0.6) is 0 Å². The van der Waals surface area contributed by atoms with Gasteiger partial charge in [-0.05, 0) is 18.2 Å². The minimum atomic E-state index is -0.232. The first-order valence-corrected chi connectivity index (χ1v) is 8.19. The van der Waals surface area contributed by atoms with E-state index < -0.39 is 0 Å². The van der Waals surface area contributed by atoms with Gasteiger partial charge in [-0.3, -0.25) is 9.80 Å². The first-order valence-electron chi connectivity index (χ1n) is 7.25. The Morgan fingerprint density at radius 1 is 1.18 bits per heavy atom. The molecular formula is C16H17FN4S. The molecule has 0 bridgehead atoms. The largest absolute Gasteiger partial charge is 0.296 e. The molecule has 1 aromatic heterocycles. The predicted octanol–water partition coefficient (Wildman–Crippen LogP) is 2.47. The summed E-state index contributed by atoms with van der Waals surface area (Å²) in [7, 11) is 0. The van der Waals surface area contributed by atoms with Crippen LogP contribution in [0.25, 0.3) is 0 Å². The average Bonchev–Trinajstić information content (AvgIpc) is 3.04. The van der Waals surface area contributed by atoms with Gasteiger partial charge in [-0.1, -0.05) is 0 Å². The van der Waals surface area contributed by atoms with Gasteiger partial charge in [0, 0.05) is 50.2 Å². The van der Waals surface area contributed by atoms with E-state index in [4.69, 9.17) is 5.26 Å². The number of nitriles is 1. The highest BCUT2D eigenvalue weighted by Crippen LogP contribution is 2.15. The summed E-state index contributed by atoms with van der Waals surface area (Å²) in [6.45, 7) is 5.16. The van der Waals surface area contributed by atoms with Crippen molar-refractivity contribution in [2.45, 2.75) is 13.1 Å². The lowest BCUT2D eigenvalue weighted by Crippen LogP contribution is -2.45. The molecule has 0 aliphatic carbocycles. The van der Waals surface area contributed by atoms with E-state index in [1.54, 1.807) is 17.4 Å². The lowest BCUT2D eigenvalue weighted by molar-refractivity contribution is 0.120. The second kappa shape index (κ2) is 6.97. The topological polar surface area (TPSA) is 43.2 Å². The number of hydrogen-bond acceptors (Lipinski definition) is 5. The molecule has 1 fully saturated rings. The maximum Gasteiger partial charge on any atom is 0.127 e. The smallest absolute Gasteiger partial charge is 0.127 e. The molecule has 0 atom stereocenters. The minimum absolute atomic E-state index is 0.232. The van der Waals surface area contributed by atoms with Crippen molar-refractivity contribution in [2.24, 2.45) is 0 Å². The Kier molecular flexibility index (Phi) is 4.78. The van der Waals surface area contributed by atoms with Crippen LogP contribution in [0.3, 0.4) is 0 Å². The number of nitrogens with zero attached hydrogens (tertiary/aromatic N) is 4. The van der Waals surface area contributed by atoms with Crippen LogP contribution >= 0.6 is 11.3 Å². The molecule has 0 spiro atoms. The van der Waals surface area contributed by atoms with E-state index in [9.17, 15) is 4.39 Å². The Bertz CT molecular complexity index is 657. The molecule has 3 rings (SSSR count). The SMILES string of the molecule is N#Cc1ccc(F)c(CN2CCN(Cc3cscn3)CC2)c1. The Balaban J connectivity index is 1.55. The van der Waals surface area contributed by atoms with E-state index in [0.29, 0.717) is 17.7 Å². The summed E-state index contributed by atoms with van der Waals surface area (Å²) in [6, 6.07) is 6.61. The van der Waals surface area contributed by atoms with E-state index in [1.165, 1.54) is 12.1 Å². The molecule has 2 aromatic rings. The molecular weight excluding hydrogens is 299 g/mol. The van der Waals surface area contributed by atoms with Gasteiger partial charge in [0.1, 0.15) is 5.82 Å². The van der Waals surface area contributed by atoms with Crippen molar-refractivity contribution in [1.29, 1.82) is 5.26 Å². The van der Waals surface area contributed by atoms with Crippen molar-refractivity contribution in [3.05, 3.63) is 51.7 Å². The molecule has 4 nitrogen and oxygen atoms in total. The van der Waals surface area contributed by atoms with E-state index in [1.807, 2.05) is 5.51 Å². The highest BCUT2D eigenvalue weighted by Gasteiger charge is 2.18. The van der Waals surface area contributed by atoms with Crippen molar-refractivity contribution < 1.29 is 4.39 Å². The van der Waals surface area contributed by atoms with Crippen molar-refractivity contribution in [3.8, 4) is 6.07 Å². The van der Waals surface area contributed by atoms with Crippen LogP contribution in [0.4, 0.5) is 4.39 Å². The summed E-state index contributed by atoms with van der Waals surface area (Å²) in [5.41, 5.74) is 4.09. The zero-order chi connectivity index (χ0) is 15.4. The Morgan fingerprint density at radius 2 is 1.91 bits per heavy atom. The van der Waals surface area contributed by atoms with Crippen molar-refractivity contribution >= 4 is 11.3 Å². The fourth-order valence-corrected chi connectivity index (χ4v) is 3.21. The third-order valence-electron chi connectivity index (χ3n) is 3.90. The third kappa shape index (κ3) is 3.69. The molecule has 1 saturated heterocycles. The van der Waals surface area contributed by atoms with Crippen molar-refractivity contribution in [1.82, 2.24) is 14.8 Å². The lowest BCUT2D eigenvalue weighted by atomic mass is 10.1. The number of halogens is 1. The first kappa shape index (κ1) is 15.1. The van der Waals surface area contributed by atoms with Gasteiger partial charge in [-0.25, -0.2) is 9.37 Å². The van der Waals surface area contributed by atoms with E-state index in [2.05, 4.69) is 26.2 Å². The zero-order valence-corrected chi connectivity index (χ0v) is 13.0. The van der Waals surface area contributed by atoms with Gasteiger partial charge < -0.3 is 0 Å². The number of thiazole rings is 1. The second-order valence-electron chi connectivity index (χ2n) is 5.45. The standard InChI is InChI=1S/C16H17FN4S/c17-16-2-1-13(8-18)7-14(16)9-20-3-5-21(6-4-20)10-15-11-22-12-19-15/h1-2,7,11-12H,3-6,9-10H2. The van der Waals surface area contributed by atoms with Crippen LogP contribution < -0.4 is 0 Å². The molecule has 114 valence electrons. The van der Waals surface area contributed by atoms with Gasteiger partial charge in [0.25, 0.3) is 0 Å². The van der Waals surface area contributed by atoms with E-state index >= 15 is 0 Å². The van der Waals surface area contributed by atoms with Gasteiger partial charge in [0.05, 0.1) is 22.8 Å². The predicted molar refractivity (Wildman–Crippen MR) is 83.8 cm³/mol. The molecule has 0 saturated carbocycles. The second-order valence-corrected chi connectivity index (χ2v) is 6.17. The molecule has 0 unspecified atom stereocenters. The van der Waals surface area contributed by atoms with Gasteiger partial charge in [0.15, 0.2) is 0 Å². The number of aromatic nitrogens is 1. The highest BCUT2D eigenvalue weighted by molar-refractivity contribution is 7.07. The normalized spacial score (nSPS) is 16.5. The third-order valence-corrected chi connectivity index (χ3v) is 4.54. The van der Waals surface area contributed by atoms with Crippen LogP contribution in [0, 0.1) is 17.1 Å². The maximum absolute atomic E-state index is 13.8. The summed E-state index contributed by atoms with van der Waals surface area (Å²) in [5.74, 6) is -0.232. The minimum Gasteiger partial charge on any atom is -0.296 e. The quantitative estimate of drug-likeness (QED) is 0.869. The number of hydrogen-bond donors (Lipinski definition) is 0. The van der Waals surface area contributed by atoms with Gasteiger partial charge in [-0.15, -0.1) is 11.3 Å². The summed E-state index contributed by atoms with van der Waals surface area (Å²) >= 11 is 1.62. The average molecular weight is 316 g/mol. The van der Waals surface area contributed by atoms with Crippen LogP contribution in [-0.2, 0) is 13.1 Å². The molecule has 22 heavy (non-hydrogen) atoms. The molecule has 1 aliphatic rings.